The van der Waals surface area contributed by atoms with E-state index in [1.807, 2.05) is 0 Å². The number of hydrogen-bond donors (Lipinski definition) is 0. The number of ether oxygens (including phenoxy) is 1. The Morgan fingerprint density at radius 3 is 2.40 bits per heavy atom. The predicted octanol–water partition coefficient (Wildman–Crippen LogP) is 2.29. The Kier molecular flexibility index (Phi) is 3.00. The first-order chi connectivity index (χ1) is 9.79. The Bertz CT molecular complexity index is 506. The van der Waals surface area contributed by atoms with Crippen LogP contribution in [0.3, 0.4) is 0 Å². The van der Waals surface area contributed by atoms with Crippen LogP contribution in [0, 0.1) is 0 Å². The minimum absolute atomic E-state index is 0.0778. The largest absolute Gasteiger partial charge is 0.472 e. The molecular formula is C17H24N2O. The Balaban J connectivity index is 1.51. The van der Waals surface area contributed by atoms with Crippen molar-refractivity contribution in [1.82, 2.24) is 9.80 Å². The molecule has 0 aromatic heterocycles. The molecule has 0 bridgehead atoms. The lowest BCUT2D eigenvalue weighted by atomic mass is 9.85. The molecule has 0 radical (unpaired) electrons. The van der Waals surface area contributed by atoms with Crippen LogP contribution in [-0.4, -0.2) is 48.2 Å². The quantitative estimate of drug-likeness (QED) is 0.839. The molecule has 4 rings (SSSR count). The Morgan fingerprint density at radius 2 is 1.80 bits per heavy atom. The van der Waals surface area contributed by atoms with E-state index < -0.39 is 0 Å². The standard InChI is InChI=1S/C17H24N2O/c1-2-18-9-5-14-3-4-16(13-15(14)6-10-18)20-17-7-11-19(17)12-8-17/h3-4,13H,2,5-12H2,1H3. The molecule has 0 atom stereocenters. The summed E-state index contributed by atoms with van der Waals surface area (Å²) in [5.41, 5.74) is 3.10. The minimum Gasteiger partial charge on any atom is -0.472 e. The summed E-state index contributed by atoms with van der Waals surface area (Å²) in [6.45, 7) is 8.24. The molecule has 3 aliphatic rings. The maximum absolute atomic E-state index is 6.31. The molecule has 3 heterocycles. The van der Waals surface area contributed by atoms with Gasteiger partial charge in [-0.25, -0.2) is 0 Å². The first-order valence-electron chi connectivity index (χ1n) is 8.07. The second kappa shape index (κ2) is 4.74. The smallest absolute Gasteiger partial charge is 0.165 e. The Hall–Kier alpha value is -1.06. The lowest BCUT2D eigenvalue weighted by Gasteiger charge is -2.60. The third-order valence-electron chi connectivity index (χ3n) is 5.45. The molecule has 20 heavy (non-hydrogen) atoms. The highest BCUT2D eigenvalue weighted by atomic mass is 16.5. The molecule has 2 saturated heterocycles. The monoisotopic (exact) mass is 272 g/mol. The van der Waals surface area contributed by atoms with Crippen molar-refractivity contribution in [3.8, 4) is 5.75 Å². The van der Waals surface area contributed by atoms with Crippen LogP contribution in [0.5, 0.6) is 5.75 Å². The average molecular weight is 272 g/mol. The molecule has 108 valence electrons. The number of piperidine rings is 1. The number of nitrogens with zero attached hydrogens (tertiary/aromatic N) is 2. The Labute approximate surface area is 121 Å². The summed E-state index contributed by atoms with van der Waals surface area (Å²) in [5, 5.41) is 0. The highest BCUT2D eigenvalue weighted by molar-refractivity contribution is 5.37. The third kappa shape index (κ3) is 1.95. The number of rotatable bonds is 3. The molecule has 0 unspecified atom stereocenters. The van der Waals surface area contributed by atoms with Gasteiger partial charge >= 0.3 is 0 Å². The molecule has 0 saturated carbocycles. The summed E-state index contributed by atoms with van der Waals surface area (Å²) in [6, 6.07) is 6.78. The van der Waals surface area contributed by atoms with E-state index in [1.54, 1.807) is 0 Å². The van der Waals surface area contributed by atoms with Crippen molar-refractivity contribution in [2.75, 3.05) is 32.7 Å². The molecule has 0 amide bonds. The first-order valence-corrected chi connectivity index (χ1v) is 8.07. The first kappa shape index (κ1) is 12.7. The topological polar surface area (TPSA) is 15.7 Å². The summed E-state index contributed by atoms with van der Waals surface area (Å²) in [4.78, 5) is 5.00. The van der Waals surface area contributed by atoms with Gasteiger partial charge in [-0.1, -0.05) is 13.0 Å². The van der Waals surface area contributed by atoms with E-state index in [1.165, 1.54) is 56.6 Å². The van der Waals surface area contributed by atoms with E-state index in [0.717, 1.165) is 18.7 Å². The van der Waals surface area contributed by atoms with Crippen LogP contribution >= 0.6 is 0 Å². The van der Waals surface area contributed by atoms with E-state index >= 15 is 0 Å². The molecule has 3 aliphatic heterocycles. The normalized spacial score (nSPS) is 24.9. The second-order valence-corrected chi connectivity index (χ2v) is 6.40. The molecule has 2 fully saturated rings. The van der Waals surface area contributed by atoms with Crippen LogP contribution in [0.1, 0.15) is 30.9 Å². The van der Waals surface area contributed by atoms with Crippen LogP contribution in [0.4, 0.5) is 0 Å². The molecule has 0 N–H and O–H groups in total. The average Bonchev–Trinajstić information content (AvgIpc) is 2.67. The zero-order valence-corrected chi connectivity index (χ0v) is 12.4. The Morgan fingerprint density at radius 1 is 1.05 bits per heavy atom. The fourth-order valence-electron chi connectivity index (χ4n) is 3.79. The molecule has 0 aliphatic carbocycles. The fourth-order valence-corrected chi connectivity index (χ4v) is 3.79. The molecule has 1 aromatic carbocycles. The van der Waals surface area contributed by atoms with Gasteiger partial charge in [0.25, 0.3) is 0 Å². The lowest BCUT2D eigenvalue weighted by Crippen LogP contribution is -2.72. The van der Waals surface area contributed by atoms with Gasteiger partial charge in [-0.05, 0) is 42.6 Å². The van der Waals surface area contributed by atoms with E-state index in [-0.39, 0.29) is 5.72 Å². The van der Waals surface area contributed by atoms with Gasteiger partial charge < -0.3 is 9.64 Å². The molecular weight excluding hydrogens is 248 g/mol. The summed E-state index contributed by atoms with van der Waals surface area (Å²) in [6.07, 6.45) is 4.75. The number of benzene rings is 1. The maximum Gasteiger partial charge on any atom is 0.165 e. The van der Waals surface area contributed by atoms with Crippen molar-refractivity contribution >= 4 is 0 Å². The van der Waals surface area contributed by atoms with Gasteiger partial charge in [0.15, 0.2) is 5.72 Å². The lowest BCUT2D eigenvalue weighted by molar-refractivity contribution is -0.230. The molecule has 3 nitrogen and oxygen atoms in total. The van der Waals surface area contributed by atoms with Gasteiger partial charge in [0.1, 0.15) is 5.75 Å². The molecule has 0 spiro atoms. The third-order valence-corrected chi connectivity index (χ3v) is 5.45. The van der Waals surface area contributed by atoms with Gasteiger partial charge in [-0.3, -0.25) is 4.90 Å². The van der Waals surface area contributed by atoms with E-state index in [0.29, 0.717) is 0 Å². The number of likely N-dealkylation sites (N-methyl/N-ethyl adjacent to an activating group) is 1. The molecule has 3 heteroatoms. The van der Waals surface area contributed by atoms with Crippen molar-refractivity contribution in [1.29, 1.82) is 0 Å². The zero-order chi connectivity index (χ0) is 13.6. The van der Waals surface area contributed by atoms with Crippen LogP contribution in [0.25, 0.3) is 0 Å². The van der Waals surface area contributed by atoms with Crippen LogP contribution in [-0.2, 0) is 12.8 Å². The van der Waals surface area contributed by atoms with Gasteiger partial charge in [0, 0.05) is 39.0 Å². The zero-order valence-electron chi connectivity index (χ0n) is 12.4. The maximum atomic E-state index is 6.31. The van der Waals surface area contributed by atoms with Crippen LogP contribution in [0.15, 0.2) is 18.2 Å². The van der Waals surface area contributed by atoms with E-state index in [4.69, 9.17) is 4.74 Å². The van der Waals surface area contributed by atoms with Crippen LogP contribution in [0.2, 0.25) is 0 Å². The SMILES string of the molecule is CCN1CCc2ccc(OC34CCN3CC4)cc2CC1. The highest BCUT2D eigenvalue weighted by Gasteiger charge is 2.54. The number of hydrogen-bond acceptors (Lipinski definition) is 3. The van der Waals surface area contributed by atoms with Gasteiger partial charge in [0.05, 0.1) is 0 Å². The van der Waals surface area contributed by atoms with Gasteiger partial charge in [0.2, 0.25) is 0 Å². The summed E-state index contributed by atoms with van der Waals surface area (Å²) in [5.74, 6) is 1.08. The summed E-state index contributed by atoms with van der Waals surface area (Å²) >= 11 is 0. The minimum atomic E-state index is 0.0778. The van der Waals surface area contributed by atoms with Crippen molar-refractivity contribution < 1.29 is 4.74 Å². The van der Waals surface area contributed by atoms with Crippen molar-refractivity contribution in [2.45, 2.75) is 38.3 Å². The van der Waals surface area contributed by atoms with Crippen molar-refractivity contribution in [3.05, 3.63) is 29.3 Å². The molecule has 1 aromatic rings. The summed E-state index contributed by atoms with van der Waals surface area (Å²) in [7, 11) is 0. The highest BCUT2D eigenvalue weighted by Crippen LogP contribution is 2.43. The van der Waals surface area contributed by atoms with E-state index in [2.05, 4.69) is 34.9 Å². The van der Waals surface area contributed by atoms with Crippen molar-refractivity contribution in [3.63, 3.8) is 0 Å². The fraction of sp³-hybridized carbons (Fsp3) is 0.647. The van der Waals surface area contributed by atoms with Crippen LogP contribution < -0.4 is 4.74 Å². The summed E-state index contributed by atoms with van der Waals surface area (Å²) < 4.78 is 6.31. The predicted molar refractivity (Wildman–Crippen MR) is 80.1 cm³/mol. The second-order valence-electron chi connectivity index (χ2n) is 6.40. The van der Waals surface area contributed by atoms with Crippen molar-refractivity contribution in [2.24, 2.45) is 0 Å². The van der Waals surface area contributed by atoms with E-state index in [9.17, 15) is 0 Å². The number of fused-ring (bicyclic) bond motifs is 2. The van der Waals surface area contributed by atoms with Gasteiger partial charge in [-0.2, -0.15) is 0 Å². The van der Waals surface area contributed by atoms with Gasteiger partial charge in [-0.15, -0.1) is 0 Å².